The van der Waals surface area contributed by atoms with Crippen molar-refractivity contribution < 1.29 is 31.1 Å². The van der Waals surface area contributed by atoms with E-state index in [0.717, 1.165) is 25.7 Å². The normalized spacial score (nSPS) is 22.2. The number of rotatable bonds is 5. The topological polar surface area (TPSA) is 123 Å². The number of halogens is 3. The lowest BCUT2D eigenvalue weighted by Gasteiger charge is -2.38. The van der Waals surface area contributed by atoms with Crippen LogP contribution in [-0.2, 0) is 10.0 Å². The predicted octanol–water partition coefficient (Wildman–Crippen LogP) is 4.87. The third-order valence-electron chi connectivity index (χ3n) is 9.16. The number of alkyl halides is 3. The summed E-state index contributed by atoms with van der Waals surface area (Å²) >= 11 is 0. The largest absolute Gasteiger partial charge is 0.477 e. The second-order valence-corrected chi connectivity index (χ2v) is 14.4. The Bertz CT molecular complexity index is 1710. The van der Waals surface area contributed by atoms with Crippen LogP contribution in [0, 0.1) is 5.41 Å². The molecule has 1 N–H and O–H groups in total. The Balaban J connectivity index is 1.33. The van der Waals surface area contributed by atoms with Gasteiger partial charge in [0.05, 0.1) is 17.6 Å². The lowest BCUT2D eigenvalue weighted by atomic mass is 10.0. The molecule has 242 valence electrons. The fourth-order valence-electron chi connectivity index (χ4n) is 6.29. The SMILES string of the molecule is CN1CCCC2CCC(C)(C)N2c2nc(-n3ccc(OCCC4(C(F)(F)F)CC4)n3)ccc2C(=O)NS(=O)(=O)c2cccc1n2. The Kier molecular flexibility index (Phi) is 7.73. The zero-order valence-corrected chi connectivity index (χ0v) is 26.2. The number of aromatic nitrogens is 4. The van der Waals surface area contributed by atoms with E-state index in [2.05, 4.69) is 33.6 Å². The van der Waals surface area contributed by atoms with Crippen LogP contribution in [0.1, 0.15) is 69.2 Å². The molecule has 15 heteroatoms. The molecule has 2 aliphatic heterocycles. The second kappa shape index (κ2) is 11.2. The van der Waals surface area contributed by atoms with Gasteiger partial charge < -0.3 is 14.5 Å². The number of carbonyl (C=O) groups excluding carboxylic acids is 1. The molecule has 2 bridgehead atoms. The molecule has 3 aromatic heterocycles. The van der Waals surface area contributed by atoms with E-state index in [9.17, 15) is 26.4 Å². The molecule has 1 saturated heterocycles. The van der Waals surface area contributed by atoms with Crippen LogP contribution in [0.25, 0.3) is 5.82 Å². The minimum Gasteiger partial charge on any atom is -0.477 e. The molecule has 11 nitrogen and oxygen atoms in total. The predicted molar refractivity (Wildman–Crippen MR) is 160 cm³/mol. The van der Waals surface area contributed by atoms with E-state index in [-0.39, 0.29) is 48.4 Å². The molecule has 1 atom stereocenters. The molecule has 2 fully saturated rings. The summed E-state index contributed by atoms with van der Waals surface area (Å²) in [6, 6.07) is 9.29. The Hall–Kier alpha value is -3.88. The molecule has 0 aromatic carbocycles. The van der Waals surface area contributed by atoms with E-state index in [1.807, 2.05) is 11.9 Å². The number of anilines is 2. The summed E-state index contributed by atoms with van der Waals surface area (Å²) in [5.74, 6) is 0.458. The van der Waals surface area contributed by atoms with E-state index in [1.54, 1.807) is 30.5 Å². The second-order valence-electron chi connectivity index (χ2n) is 12.7. The maximum absolute atomic E-state index is 13.7. The van der Waals surface area contributed by atoms with Gasteiger partial charge in [-0.05, 0) is 83.1 Å². The summed E-state index contributed by atoms with van der Waals surface area (Å²) in [6.07, 6.45) is 0.689. The van der Waals surface area contributed by atoms with Gasteiger partial charge in [0.25, 0.3) is 15.9 Å². The Morgan fingerprint density at radius 2 is 1.82 bits per heavy atom. The van der Waals surface area contributed by atoms with Gasteiger partial charge in [-0.1, -0.05) is 6.07 Å². The molecule has 3 aliphatic rings. The smallest absolute Gasteiger partial charge is 0.394 e. The summed E-state index contributed by atoms with van der Waals surface area (Å²) < 4.78 is 75.6. The van der Waals surface area contributed by atoms with Gasteiger partial charge in [0.1, 0.15) is 11.6 Å². The number of fused-ring (bicyclic) bond motifs is 5. The van der Waals surface area contributed by atoms with Gasteiger partial charge in [0, 0.05) is 37.4 Å². The van der Waals surface area contributed by atoms with E-state index in [1.165, 1.54) is 16.8 Å². The summed E-state index contributed by atoms with van der Waals surface area (Å²) in [4.78, 5) is 26.8. The quantitative estimate of drug-likeness (QED) is 0.413. The van der Waals surface area contributed by atoms with Crippen molar-refractivity contribution in [1.29, 1.82) is 0 Å². The number of sulfonamides is 1. The maximum atomic E-state index is 13.7. The highest BCUT2D eigenvalue weighted by Crippen LogP contribution is 2.59. The summed E-state index contributed by atoms with van der Waals surface area (Å²) in [6.45, 7) is 4.65. The Morgan fingerprint density at radius 1 is 1.04 bits per heavy atom. The highest BCUT2D eigenvalue weighted by atomic mass is 32.2. The lowest BCUT2D eigenvalue weighted by Crippen LogP contribution is -2.45. The highest BCUT2D eigenvalue weighted by Gasteiger charge is 2.62. The maximum Gasteiger partial charge on any atom is 0.394 e. The van der Waals surface area contributed by atoms with Crippen LogP contribution in [0.4, 0.5) is 24.8 Å². The van der Waals surface area contributed by atoms with Crippen molar-refractivity contribution in [3.63, 3.8) is 0 Å². The van der Waals surface area contributed by atoms with E-state index in [4.69, 9.17) is 9.72 Å². The molecule has 3 aromatic rings. The molecule has 1 saturated carbocycles. The number of carbonyl (C=O) groups is 1. The average molecular weight is 648 g/mol. The number of pyridine rings is 2. The zero-order chi connectivity index (χ0) is 32.2. The van der Waals surface area contributed by atoms with Crippen molar-refractivity contribution in [2.45, 2.75) is 81.6 Å². The fraction of sp³-hybridized carbons (Fsp3) is 0.533. The first-order valence-corrected chi connectivity index (χ1v) is 16.5. The third-order valence-corrected chi connectivity index (χ3v) is 10.4. The molecule has 1 amide bonds. The molecular weight excluding hydrogens is 611 g/mol. The van der Waals surface area contributed by atoms with Crippen molar-refractivity contribution in [3.8, 4) is 11.7 Å². The zero-order valence-electron chi connectivity index (χ0n) is 25.3. The van der Waals surface area contributed by atoms with Crippen LogP contribution in [0.15, 0.2) is 47.6 Å². The number of nitrogens with zero attached hydrogens (tertiary/aromatic N) is 6. The molecule has 1 unspecified atom stereocenters. The number of amides is 1. The standard InChI is InChI=1S/C30H36F3N7O4S/c1-28(2)13-11-20-6-5-17-38(3)22-7-4-8-25(34-22)45(42,43)37-27(41)21-9-10-23(35-26(21)40(20)28)39-18-12-24(36-39)44-19-16-29(14-15-29)30(31,32)33/h4,7-10,12,18,20H,5-6,11,13-17,19H2,1-3H3,(H,37,41). The van der Waals surface area contributed by atoms with Crippen molar-refractivity contribution in [2.24, 2.45) is 5.41 Å². The number of ether oxygens (including phenoxy) is 1. The van der Waals surface area contributed by atoms with Gasteiger partial charge in [-0.15, -0.1) is 5.10 Å². The monoisotopic (exact) mass is 647 g/mol. The molecular formula is C30H36F3N7O4S. The highest BCUT2D eigenvalue weighted by molar-refractivity contribution is 7.90. The van der Waals surface area contributed by atoms with Gasteiger partial charge in [-0.3, -0.25) is 4.79 Å². The van der Waals surface area contributed by atoms with Crippen LogP contribution in [0.5, 0.6) is 5.88 Å². The fourth-order valence-corrected chi connectivity index (χ4v) is 7.22. The first kappa shape index (κ1) is 31.1. The molecule has 0 radical (unpaired) electrons. The van der Waals surface area contributed by atoms with E-state index < -0.39 is 33.1 Å². The summed E-state index contributed by atoms with van der Waals surface area (Å²) in [5.41, 5.74) is -1.98. The van der Waals surface area contributed by atoms with E-state index >= 15 is 0 Å². The molecule has 1 aliphatic carbocycles. The molecule has 5 heterocycles. The lowest BCUT2D eigenvalue weighted by molar-refractivity contribution is -0.190. The first-order chi connectivity index (χ1) is 21.2. The average Bonchev–Trinajstić information content (AvgIpc) is 3.53. The van der Waals surface area contributed by atoms with Gasteiger partial charge in [0.2, 0.25) is 5.88 Å². The van der Waals surface area contributed by atoms with Crippen molar-refractivity contribution in [2.75, 3.05) is 30.0 Å². The first-order valence-electron chi connectivity index (χ1n) is 15.0. The molecule has 6 rings (SSSR count). The molecule has 45 heavy (non-hydrogen) atoms. The van der Waals surface area contributed by atoms with Crippen LogP contribution in [0.2, 0.25) is 0 Å². The third kappa shape index (κ3) is 6.06. The van der Waals surface area contributed by atoms with Crippen molar-refractivity contribution in [1.82, 2.24) is 24.5 Å². The minimum atomic E-state index is -4.31. The minimum absolute atomic E-state index is 0.0291. The van der Waals surface area contributed by atoms with E-state index in [0.29, 0.717) is 24.0 Å². The van der Waals surface area contributed by atoms with Crippen LogP contribution in [0.3, 0.4) is 0 Å². The summed E-state index contributed by atoms with van der Waals surface area (Å²) in [5, 5.41) is 4.10. The van der Waals surface area contributed by atoms with Gasteiger partial charge in [-0.25, -0.2) is 19.4 Å². The summed E-state index contributed by atoms with van der Waals surface area (Å²) in [7, 11) is -2.46. The Morgan fingerprint density at radius 3 is 2.56 bits per heavy atom. The van der Waals surface area contributed by atoms with Crippen molar-refractivity contribution in [3.05, 3.63) is 48.2 Å². The van der Waals surface area contributed by atoms with Crippen molar-refractivity contribution >= 4 is 27.6 Å². The number of nitrogens with one attached hydrogen (secondary N) is 1. The molecule has 0 spiro atoms. The van der Waals surface area contributed by atoms with Gasteiger partial charge in [-0.2, -0.15) is 21.6 Å². The van der Waals surface area contributed by atoms with Crippen LogP contribution >= 0.6 is 0 Å². The number of hydrogen-bond donors (Lipinski definition) is 1. The Labute approximate surface area is 259 Å². The van der Waals surface area contributed by atoms with Gasteiger partial charge in [0.15, 0.2) is 10.8 Å². The van der Waals surface area contributed by atoms with Crippen LogP contribution < -0.4 is 19.3 Å². The van der Waals surface area contributed by atoms with Gasteiger partial charge >= 0.3 is 6.18 Å². The van der Waals surface area contributed by atoms with Crippen LogP contribution in [-0.4, -0.2) is 72.0 Å². The number of hydrogen-bond acceptors (Lipinski definition) is 9.